The molecule has 0 saturated carbocycles. The quantitative estimate of drug-likeness (QED) is 0.877. The van der Waals surface area contributed by atoms with Crippen LogP contribution in [0.1, 0.15) is 5.56 Å². The summed E-state index contributed by atoms with van der Waals surface area (Å²) < 4.78 is 15.5. The molecule has 0 aromatic heterocycles. The molecule has 2 aromatic rings. The van der Waals surface area contributed by atoms with Gasteiger partial charge in [-0.15, -0.1) is 0 Å². The number of hydrogen-bond acceptors (Lipinski definition) is 4. The summed E-state index contributed by atoms with van der Waals surface area (Å²) in [4.78, 5) is 12.2. The van der Waals surface area contributed by atoms with Crippen LogP contribution in [-0.4, -0.2) is 27.2 Å². The summed E-state index contributed by atoms with van der Waals surface area (Å²) in [6.45, 7) is 0. The van der Waals surface area contributed by atoms with Crippen LogP contribution >= 0.6 is 11.6 Å². The van der Waals surface area contributed by atoms with Gasteiger partial charge in [-0.3, -0.25) is 4.79 Å². The highest BCUT2D eigenvalue weighted by molar-refractivity contribution is 6.32. The summed E-state index contributed by atoms with van der Waals surface area (Å²) in [5.74, 6) is 1.54. The summed E-state index contributed by atoms with van der Waals surface area (Å²) >= 11 is 6.09. The fourth-order valence-electron chi connectivity index (χ4n) is 2.08. The van der Waals surface area contributed by atoms with Gasteiger partial charge in [0.1, 0.15) is 17.2 Å². The molecule has 1 N–H and O–H groups in total. The number of rotatable bonds is 6. The Morgan fingerprint density at radius 3 is 2.22 bits per heavy atom. The molecule has 0 unspecified atom stereocenters. The number of amides is 1. The Labute approximate surface area is 140 Å². The Morgan fingerprint density at radius 2 is 1.65 bits per heavy atom. The molecule has 0 radical (unpaired) electrons. The summed E-state index contributed by atoms with van der Waals surface area (Å²) in [6, 6.07) is 10.5. The lowest BCUT2D eigenvalue weighted by Gasteiger charge is -2.13. The van der Waals surface area contributed by atoms with Gasteiger partial charge >= 0.3 is 0 Å². The van der Waals surface area contributed by atoms with Crippen molar-refractivity contribution in [3.8, 4) is 17.2 Å². The third kappa shape index (κ3) is 4.29. The first-order chi connectivity index (χ1) is 11.1. The second-order valence-corrected chi connectivity index (χ2v) is 5.17. The van der Waals surface area contributed by atoms with Crippen LogP contribution in [0.2, 0.25) is 5.02 Å². The van der Waals surface area contributed by atoms with Crippen LogP contribution in [-0.2, 0) is 11.2 Å². The van der Waals surface area contributed by atoms with Gasteiger partial charge in [0.2, 0.25) is 5.91 Å². The molecule has 2 rings (SSSR count). The molecule has 0 saturated heterocycles. The molecule has 0 aliphatic carbocycles. The first-order valence-corrected chi connectivity index (χ1v) is 7.29. The van der Waals surface area contributed by atoms with Gasteiger partial charge < -0.3 is 19.5 Å². The molecule has 122 valence electrons. The minimum Gasteiger partial charge on any atom is -0.497 e. The minimum absolute atomic E-state index is 0.172. The van der Waals surface area contributed by atoms with Gasteiger partial charge in [0.05, 0.1) is 38.5 Å². The van der Waals surface area contributed by atoms with Crippen molar-refractivity contribution in [1.29, 1.82) is 0 Å². The number of halogens is 1. The Morgan fingerprint density at radius 1 is 1.00 bits per heavy atom. The average Bonchev–Trinajstić information content (AvgIpc) is 2.55. The number of carbonyl (C=O) groups is 1. The van der Waals surface area contributed by atoms with Crippen LogP contribution in [0.15, 0.2) is 36.4 Å². The fourth-order valence-corrected chi connectivity index (χ4v) is 2.32. The smallest absolute Gasteiger partial charge is 0.228 e. The van der Waals surface area contributed by atoms with Crippen molar-refractivity contribution in [2.24, 2.45) is 0 Å². The third-order valence-electron chi connectivity index (χ3n) is 3.27. The second kappa shape index (κ2) is 7.74. The van der Waals surface area contributed by atoms with E-state index in [1.54, 1.807) is 19.2 Å². The number of anilines is 1. The molecule has 23 heavy (non-hydrogen) atoms. The van der Waals surface area contributed by atoms with Crippen LogP contribution in [0.3, 0.4) is 0 Å². The van der Waals surface area contributed by atoms with Gasteiger partial charge in [0.25, 0.3) is 0 Å². The Bertz CT molecular complexity index is 686. The molecule has 0 spiro atoms. The Balaban J connectivity index is 2.11. The first kappa shape index (κ1) is 17.0. The maximum Gasteiger partial charge on any atom is 0.228 e. The molecular formula is C17H18ClNO4. The Kier molecular flexibility index (Phi) is 5.71. The van der Waals surface area contributed by atoms with Crippen LogP contribution in [0.5, 0.6) is 17.2 Å². The summed E-state index contributed by atoms with van der Waals surface area (Å²) in [7, 11) is 4.63. The highest BCUT2D eigenvalue weighted by atomic mass is 35.5. The SMILES string of the molecule is COc1ccc(CC(=O)Nc2cc(Cl)c(OC)cc2OC)cc1. The van der Waals surface area contributed by atoms with Crippen molar-refractivity contribution in [3.05, 3.63) is 47.0 Å². The van der Waals surface area contributed by atoms with Crippen LogP contribution < -0.4 is 19.5 Å². The van der Waals surface area contributed by atoms with E-state index in [2.05, 4.69) is 5.32 Å². The molecule has 0 heterocycles. The van der Waals surface area contributed by atoms with Gasteiger partial charge in [-0.2, -0.15) is 0 Å². The maximum absolute atomic E-state index is 12.2. The zero-order valence-corrected chi connectivity index (χ0v) is 13.9. The fraction of sp³-hybridized carbons (Fsp3) is 0.235. The lowest BCUT2D eigenvalue weighted by atomic mass is 10.1. The van der Waals surface area contributed by atoms with E-state index in [-0.39, 0.29) is 12.3 Å². The van der Waals surface area contributed by atoms with Crippen molar-refractivity contribution in [2.75, 3.05) is 26.6 Å². The molecule has 0 bridgehead atoms. The molecule has 0 aliphatic heterocycles. The average molecular weight is 336 g/mol. The van der Waals surface area contributed by atoms with Crippen LogP contribution in [0.4, 0.5) is 5.69 Å². The highest BCUT2D eigenvalue weighted by Crippen LogP contribution is 2.35. The van der Waals surface area contributed by atoms with E-state index in [4.69, 9.17) is 25.8 Å². The number of carbonyl (C=O) groups excluding carboxylic acids is 1. The van der Waals surface area contributed by atoms with Crippen molar-refractivity contribution < 1.29 is 19.0 Å². The van der Waals surface area contributed by atoms with Crippen molar-refractivity contribution >= 4 is 23.2 Å². The predicted octanol–water partition coefficient (Wildman–Crippen LogP) is 3.55. The lowest BCUT2D eigenvalue weighted by Crippen LogP contribution is -2.15. The van der Waals surface area contributed by atoms with Crippen molar-refractivity contribution in [3.63, 3.8) is 0 Å². The van der Waals surface area contributed by atoms with E-state index < -0.39 is 0 Å². The highest BCUT2D eigenvalue weighted by Gasteiger charge is 2.13. The largest absolute Gasteiger partial charge is 0.497 e. The Hall–Kier alpha value is -2.40. The van der Waals surface area contributed by atoms with Crippen molar-refractivity contribution in [2.45, 2.75) is 6.42 Å². The topological polar surface area (TPSA) is 56.8 Å². The number of benzene rings is 2. The van der Waals surface area contributed by atoms with Crippen molar-refractivity contribution in [1.82, 2.24) is 0 Å². The van der Waals surface area contributed by atoms with Gasteiger partial charge in [0, 0.05) is 6.07 Å². The second-order valence-electron chi connectivity index (χ2n) is 4.76. The monoisotopic (exact) mass is 335 g/mol. The van der Waals surface area contributed by atoms with E-state index in [0.717, 1.165) is 11.3 Å². The van der Waals surface area contributed by atoms with Gasteiger partial charge in [0.15, 0.2) is 0 Å². The zero-order chi connectivity index (χ0) is 16.8. The number of methoxy groups -OCH3 is 3. The number of ether oxygens (including phenoxy) is 3. The van der Waals surface area contributed by atoms with E-state index in [1.165, 1.54) is 14.2 Å². The number of nitrogens with one attached hydrogen (secondary N) is 1. The summed E-state index contributed by atoms with van der Waals surface area (Å²) in [5.41, 5.74) is 1.37. The molecule has 1 amide bonds. The normalized spacial score (nSPS) is 10.1. The molecule has 0 fully saturated rings. The van der Waals surface area contributed by atoms with E-state index in [1.807, 2.05) is 24.3 Å². The minimum atomic E-state index is -0.172. The molecule has 0 atom stereocenters. The predicted molar refractivity (Wildman–Crippen MR) is 89.9 cm³/mol. The first-order valence-electron chi connectivity index (χ1n) is 6.91. The lowest BCUT2D eigenvalue weighted by molar-refractivity contribution is -0.115. The van der Waals surface area contributed by atoms with Gasteiger partial charge in [-0.05, 0) is 23.8 Å². The van der Waals surface area contributed by atoms with E-state index in [9.17, 15) is 4.79 Å². The zero-order valence-electron chi connectivity index (χ0n) is 13.2. The summed E-state index contributed by atoms with van der Waals surface area (Å²) in [6.07, 6.45) is 0.233. The third-order valence-corrected chi connectivity index (χ3v) is 3.57. The maximum atomic E-state index is 12.2. The molecule has 5 nitrogen and oxygen atoms in total. The van der Waals surface area contributed by atoms with Crippen LogP contribution in [0, 0.1) is 0 Å². The standard InChI is InChI=1S/C17H18ClNO4/c1-21-12-6-4-11(5-7-12)8-17(20)19-14-9-13(18)15(22-2)10-16(14)23-3/h4-7,9-10H,8H2,1-3H3,(H,19,20). The van der Waals surface area contributed by atoms with Gasteiger partial charge in [-0.1, -0.05) is 23.7 Å². The number of hydrogen-bond donors (Lipinski definition) is 1. The van der Waals surface area contributed by atoms with Crippen LogP contribution in [0.25, 0.3) is 0 Å². The van der Waals surface area contributed by atoms with Gasteiger partial charge in [-0.25, -0.2) is 0 Å². The van der Waals surface area contributed by atoms with E-state index >= 15 is 0 Å². The molecule has 0 aliphatic rings. The molecular weight excluding hydrogens is 318 g/mol. The van der Waals surface area contributed by atoms with E-state index in [0.29, 0.717) is 22.2 Å². The summed E-state index contributed by atoms with van der Waals surface area (Å²) in [5, 5.41) is 3.19. The molecule has 6 heteroatoms. The molecule has 2 aromatic carbocycles.